The number of hydrogen-bond acceptors (Lipinski definition) is 2. The molecule has 1 saturated carbocycles. The van der Waals surface area contributed by atoms with Crippen molar-refractivity contribution in [3.8, 4) is 0 Å². The molecule has 3 nitrogen and oxygen atoms in total. The van der Waals surface area contributed by atoms with Gasteiger partial charge in [0.1, 0.15) is 0 Å². The van der Waals surface area contributed by atoms with Crippen molar-refractivity contribution < 1.29 is 4.79 Å². The first kappa shape index (κ1) is 12.4. The highest BCUT2D eigenvalue weighted by Crippen LogP contribution is 2.44. The molecule has 3 N–H and O–H groups in total. The molecule has 1 fully saturated rings. The number of halogens is 1. The summed E-state index contributed by atoms with van der Waals surface area (Å²) in [4.78, 5) is 11.2. The Bertz CT molecular complexity index is 416. The molecule has 0 aliphatic heterocycles. The zero-order chi connectivity index (χ0) is 12.3. The fourth-order valence-electron chi connectivity index (χ4n) is 1.91. The lowest BCUT2D eigenvalue weighted by atomic mass is 10.1. The van der Waals surface area contributed by atoms with Gasteiger partial charge < -0.3 is 11.1 Å². The Morgan fingerprint density at radius 1 is 1.47 bits per heavy atom. The van der Waals surface area contributed by atoms with Crippen molar-refractivity contribution in [1.29, 1.82) is 0 Å². The smallest absolute Gasteiger partial charge is 0.224 e. The second-order valence-electron chi connectivity index (χ2n) is 4.70. The Morgan fingerprint density at radius 2 is 2.24 bits per heavy atom. The zero-order valence-corrected chi connectivity index (χ0v) is 10.5. The van der Waals surface area contributed by atoms with E-state index in [1.165, 1.54) is 5.56 Å². The van der Waals surface area contributed by atoms with Gasteiger partial charge in [-0.25, -0.2) is 0 Å². The van der Waals surface area contributed by atoms with Crippen LogP contribution < -0.4 is 11.1 Å². The van der Waals surface area contributed by atoms with Gasteiger partial charge in [0.05, 0.1) is 5.41 Å². The summed E-state index contributed by atoms with van der Waals surface area (Å²) in [5.41, 5.74) is 6.30. The van der Waals surface area contributed by atoms with Crippen molar-refractivity contribution in [3.63, 3.8) is 0 Å². The third-order valence-electron chi connectivity index (χ3n) is 3.32. The molecule has 0 aromatic heterocycles. The summed E-state index contributed by atoms with van der Waals surface area (Å²) in [6, 6.07) is 7.83. The van der Waals surface area contributed by atoms with Crippen LogP contribution in [0.5, 0.6) is 0 Å². The van der Waals surface area contributed by atoms with Gasteiger partial charge >= 0.3 is 0 Å². The lowest BCUT2D eigenvalue weighted by molar-refractivity contribution is -0.122. The summed E-state index contributed by atoms with van der Waals surface area (Å²) in [5.74, 6) is -0.173. The Kier molecular flexibility index (Phi) is 3.69. The van der Waals surface area contributed by atoms with Crippen LogP contribution in [0.2, 0.25) is 5.02 Å². The van der Waals surface area contributed by atoms with E-state index in [4.69, 9.17) is 17.3 Å². The van der Waals surface area contributed by atoms with Crippen molar-refractivity contribution in [1.82, 2.24) is 5.32 Å². The van der Waals surface area contributed by atoms with E-state index in [1.54, 1.807) is 0 Å². The van der Waals surface area contributed by atoms with Gasteiger partial charge in [0.25, 0.3) is 0 Å². The summed E-state index contributed by atoms with van der Waals surface area (Å²) < 4.78 is 0. The van der Waals surface area contributed by atoms with E-state index in [0.29, 0.717) is 6.54 Å². The number of hydrogen-bond donors (Lipinski definition) is 2. The molecular weight excluding hydrogens is 236 g/mol. The first-order valence-corrected chi connectivity index (χ1v) is 6.25. The lowest BCUT2D eigenvalue weighted by Gasteiger charge is -2.11. The number of rotatable bonds is 6. The number of nitrogens with two attached hydrogens (primary N) is 1. The summed E-state index contributed by atoms with van der Waals surface area (Å²) in [7, 11) is 0. The van der Waals surface area contributed by atoms with Crippen LogP contribution in [0.1, 0.15) is 18.4 Å². The normalized spacial score (nSPS) is 16.8. The molecule has 1 aliphatic rings. The molecule has 0 unspecified atom stereocenters. The SMILES string of the molecule is NC(=O)C1(CNCCc2cccc(Cl)c2)CC1. The molecule has 0 saturated heterocycles. The minimum atomic E-state index is -0.256. The third-order valence-corrected chi connectivity index (χ3v) is 3.55. The van der Waals surface area contributed by atoms with Crippen LogP contribution in [0.15, 0.2) is 24.3 Å². The van der Waals surface area contributed by atoms with Gasteiger partial charge in [-0.1, -0.05) is 23.7 Å². The van der Waals surface area contributed by atoms with Crippen molar-refractivity contribution in [3.05, 3.63) is 34.9 Å². The molecular formula is C13H17ClN2O. The van der Waals surface area contributed by atoms with E-state index in [9.17, 15) is 4.79 Å². The Labute approximate surface area is 106 Å². The van der Waals surface area contributed by atoms with E-state index >= 15 is 0 Å². The molecule has 0 radical (unpaired) electrons. The van der Waals surface area contributed by atoms with E-state index in [-0.39, 0.29) is 11.3 Å². The van der Waals surface area contributed by atoms with Crippen molar-refractivity contribution >= 4 is 17.5 Å². The molecule has 17 heavy (non-hydrogen) atoms. The average molecular weight is 253 g/mol. The van der Waals surface area contributed by atoms with Crippen LogP contribution >= 0.6 is 11.6 Å². The van der Waals surface area contributed by atoms with Crippen LogP contribution in [0, 0.1) is 5.41 Å². The monoisotopic (exact) mass is 252 g/mol. The minimum absolute atomic E-state index is 0.173. The van der Waals surface area contributed by atoms with Crippen LogP contribution in [0.25, 0.3) is 0 Å². The maximum absolute atomic E-state index is 11.2. The average Bonchev–Trinajstić information content (AvgIpc) is 3.06. The molecule has 1 aromatic rings. The van der Waals surface area contributed by atoms with E-state index in [1.807, 2.05) is 18.2 Å². The standard InChI is InChI=1S/C13H17ClN2O/c14-11-3-1-2-10(8-11)4-7-16-9-13(5-6-13)12(15)17/h1-3,8,16H,4-7,9H2,(H2,15,17). The Balaban J connectivity index is 1.72. The molecule has 0 bridgehead atoms. The predicted octanol–water partition coefficient (Wildman–Crippen LogP) is 1.74. The molecule has 2 rings (SSSR count). The first-order chi connectivity index (χ1) is 8.12. The molecule has 1 amide bonds. The summed E-state index contributed by atoms with van der Waals surface area (Å²) in [6.07, 6.45) is 2.76. The third kappa shape index (κ3) is 3.20. The van der Waals surface area contributed by atoms with Crippen molar-refractivity contribution in [2.75, 3.05) is 13.1 Å². The lowest BCUT2D eigenvalue weighted by Crippen LogP contribution is -2.35. The van der Waals surface area contributed by atoms with E-state index in [2.05, 4.69) is 11.4 Å². The van der Waals surface area contributed by atoms with Gasteiger partial charge in [-0.15, -0.1) is 0 Å². The second kappa shape index (κ2) is 5.07. The number of carbonyl (C=O) groups is 1. The highest BCUT2D eigenvalue weighted by Gasteiger charge is 2.47. The molecule has 1 aliphatic carbocycles. The largest absolute Gasteiger partial charge is 0.369 e. The van der Waals surface area contributed by atoms with Crippen molar-refractivity contribution in [2.45, 2.75) is 19.3 Å². The van der Waals surface area contributed by atoms with Gasteiger partial charge in [-0.05, 0) is 43.5 Å². The van der Waals surface area contributed by atoms with Gasteiger partial charge in [-0.2, -0.15) is 0 Å². The molecule has 92 valence electrons. The van der Waals surface area contributed by atoms with Crippen LogP contribution in [0.3, 0.4) is 0 Å². The molecule has 0 spiro atoms. The fraction of sp³-hybridized carbons (Fsp3) is 0.462. The summed E-state index contributed by atoms with van der Waals surface area (Å²) in [6.45, 7) is 1.54. The number of amides is 1. The topological polar surface area (TPSA) is 55.1 Å². The predicted molar refractivity (Wildman–Crippen MR) is 68.9 cm³/mol. The minimum Gasteiger partial charge on any atom is -0.369 e. The molecule has 0 atom stereocenters. The van der Waals surface area contributed by atoms with Gasteiger partial charge in [0.2, 0.25) is 5.91 Å². The first-order valence-electron chi connectivity index (χ1n) is 5.87. The number of primary amides is 1. The highest BCUT2D eigenvalue weighted by molar-refractivity contribution is 6.30. The van der Waals surface area contributed by atoms with E-state index < -0.39 is 0 Å². The van der Waals surface area contributed by atoms with Gasteiger partial charge in [-0.3, -0.25) is 4.79 Å². The number of nitrogens with one attached hydrogen (secondary N) is 1. The second-order valence-corrected chi connectivity index (χ2v) is 5.14. The maximum atomic E-state index is 11.2. The maximum Gasteiger partial charge on any atom is 0.224 e. The van der Waals surface area contributed by atoms with Gasteiger partial charge in [0, 0.05) is 11.6 Å². The van der Waals surface area contributed by atoms with Crippen LogP contribution in [-0.4, -0.2) is 19.0 Å². The van der Waals surface area contributed by atoms with E-state index in [0.717, 1.165) is 30.8 Å². The number of carbonyl (C=O) groups excluding carboxylic acids is 1. The quantitative estimate of drug-likeness (QED) is 0.758. The fourth-order valence-corrected chi connectivity index (χ4v) is 2.13. The molecule has 1 aromatic carbocycles. The Morgan fingerprint density at radius 3 is 2.82 bits per heavy atom. The molecule has 4 heteroatoms. The summed E-state index contributed by atoms with van der Waals surface area (Å²) in [5, 5.41) is 4.06. The summed E-state index contributed by atoms with van der Waals surface area (Å²) >= 11 is 5.90. The zero-order valence-electron chi connectivity index (χ0n) is 9.71. The van der Waals surface area contributed by atoms with Crippen LogP contribution in [0.4, 0.5) is 0 Å². The Hall–Kier alpha value is -1.06. The van der Waals surface area contributed by atoms with Gasteiger partial charge in [0.15, 0.2) is 0 Å². The number of benzene rings is 1. The van der Waals surface area contributed by atoms with Crippen molar-refractivity contribution in [2.24, 2.45) is 11.1 Å². The highest BCUT2D eigenvalue weighted by atomic mass is 35.5. The molecule has 0 heterocycles. The van der Waals surface area contributed by atoms with Crippen LogP contribution in [-0.2, 0) is 11.2 Å².